The maximum absolute atomic E-state index is 13.0. The Morgan fingerprint density at radius 2 is 1.37 bits per heavy atom. The number of ketones is 1. The lowest BCUT2D eigenvalue weighted by atomic mass is 10.1. The number of hydrogen-bond donors (Lipinski definition) is 1. The van der Waals surface area contributed by atoms with Crippen molar-refractivity contribution >= 4 is 23.2 Å². The zero-order valence-corrected chi connectivity index (χ0v) is 16.4. The maximum Gasteiger partial charge on any atom is 0.338 e. The molecular weight excluding hydrogens is 380 g/mol. The van der Waals surface area contributed by atoms with Gasteiger partial charge in [0, 0.05) is 11.1 Å². The summed E-state index contributed by atoms with van der Waals surface area (Å²) in [6.45, 7) is 2.02. The average Bonchev–Trinajstić information content (AvgIpc) is 2.80. The van der Waals surface area contributed by atoms with Gasteiger partial charge in [0.05, 0.1) is 17.9 Å². The molecule has 150 valence electrons. The molecule has 30 heavy (non-hydrogen) atoms. The molecule has 6 nitrogen and oxygen atoms in total. The van der Waals surface area contributed by atoms with Crippen LogP contribution >= 0.6 is 0 Å². The fraction of sp³-hybridized carbons (Fsp3) is 0.0833. The summed E-state index contributed by atoms with van der Waals surface area (Å²) >= 11 is 0. The van der Waals surface area contributed by atoms with Crippen molar-refractivity contribution in [1.82, 2.24) is 0 Å². The number of hydrogen-bond acceptors (Lipinski definition) is 6. The van der Waals surface area contributed by atoms with Gasteiger partial charge >= 0.3 is 5.97 Å². The minimum atomic E-state index is -0.455. The number of ether oxygens (including phenoxy) is 1. The Balaban J connectivity index is 1.95. The Kier molecular flexibility index (Phi) is 6.84. The van der Waals surface area contributed by atoms with Crippen LogP contribution in [0.4, 0.5) is 5.69 Å². The number of benzene rings is 3. The van der Waals surface area contributed by atoms with Crippen LogP contribution in [-0.2, 0) is 4.74 Å². The van der Waals surface area contributed by atoms with E-state index in [1.54, 1.807) is 85.8 Å². The summed E-state index contributed by atoms with van der Waals surface area (Å²) in [6.07, 6.45) is 0. The third-order valence-corrected chi connectivity index (χ3v) is 4.17. The van der Waals surface area contributed by atoms with Gasteiger partial charge in [-0.05, 0) is 31.2 Å². The molecule has 6 heteroatoms. The molecule has 0 aliphatic carbocycles. The average molecular weight is 400 g/mol. The molecule has 0 spiro atoms. The highest BCUT2D eigenvalue weighted by Crippen LogP contribution is 2.23. The Labute approximate surface area is 174 Å². The number of allylic oxidation sites excluding steroid dienone is 1. The van der Waals surface area contributed by atoms with E-state index in [1.165, 1.54) is 0 Å². The maximum atomic E-state index is 13.0. The van der Waals surface area contributed by atoms with Crippen LogP contribution in [0.15, 0.2) is 101 Å². The highest BCUT2D eigenvalue weighted by Gasteiger charge is 2.18. The first-order chi connectivity index (χ1) is 14.6. The quantitative estimate of drug-likeness (QED) is 0.180. The number of aliphatic hydroxyl groups excluding tert-OH is 1. The van der Waals surface area contributed by atoms with Gasteiger partial charge in [0.15, 0.2) is 11.5 Å². The van der Waals surface area contributed by atoms with Crippen molar-refractivity contribution in [2.45, 2.75) is 6.92 Å². The van der Waals surface area contributed by atoms with E-state index < -0.39 is 11.8 Å². The topological polar surface area (TPSA) is 88.3 Å². The van der Waals surface area contributed by atoms with Crippen LogP contribution < -0.4 is 0 Å². The first-order valence-corrected chi connectivity index (χ1v) is 9.37. The first-order valence-electron chi connectivity index (χ1n) is 9.37. The zero-order chi connectivity index (χ0) is 21.3. The van der Waals surface area contributed by atoms with E-state index in [4.69, 9.17) is 4.74 Å². The molecule has 0 saturated heterocycles. The SMILES string of the molecule is CCOC(=O)c1ccc(N=N/C(C(=O)c2ccccc2)=C(/O)c2ccccc2)cc1. The fourth-order valence-electron chi connectivity index (χ4n) is 2.65. The molecule has 3 aromatic carbocycles. The summed E-state index contributed by atoms with van der Waals surface area (Å²) < 4.78 is 4.95. The molecule has 0 unspecified atom stereocenters. The fourth-order valence-corrected chi connectivity index (χ4v) is 2.65. The Hall–Kier alpha value is -4.06. The molecule has 0 saturated carbocycles. The molecule has 0 fully saturated rings. The van der Waals surface area contributed by atoms with Gasteiger partial charge in [-0.2, -0.15) is 5.11 Å². The van der Waals surface area contributed by atoms with E-state index in [0.29, 0.717) is 22.4 Å². The van der Waals surface area contributed by atoms with Gasteiger partial charge in [0.1, 0.15) is 0 Å². The molecule has 0 bridgehead atoms. The van der Waals surface area contributed by atoms with E-state index in [1.807, 2.05) is 6.07 Å². The Morgan fingerprint density at radius 1 is 0.800 bits per heavy atom. The molecule has 0 aliphatic heterocycles. The summed E-state index contributed by atoms with van der Waals surface area (Å²) in [7, 11) is 0. The van der Waals surface area contributed by atoms with Gasteiger partial charge in [-0.3, -0.25) is 4.79 Å². The van der Waals surface area contributed by atoms with Crippen molar-refractivity contribution < 1.29 is 19.4 Å². The molecule has 0 radical (unpaired) electrons. The highest BCUT2D eigenvalue weighted by atomic mass is 16.5. The second kappa shape index (κ2) is 9.93. The predicted octanol–water partition coefficient (Wildman–Crippen LogP) is 5.76. The van der Waals surface area contributed by atoms with Crippen LogP contribution in [0.25, 0.3) is 5.76 Å². The van der Waals surface area contributed by atoms with E-state index in [0.717, 1.165) is 0 Å². The largest absolute Gasteiger partial charge is 0.505 e. The van der Waals surface area contributed by atoms with Gasteiger partial charge < -0.3 is 9.84 Å². The van der Waals surface area contributed by atoms with Gasteiger partial charge in [0.2, 0.25) is 5.78 Å². The van der Waals surface area contributed by atoms with Crippen molar-refractivity contribution in [3.05, 3.63) is 107 Å². The monoisotopic (exact) mass is 400 g/mol. The van der Waals surface area contributed by atoms with Gasteiger partial charge in [-0.15, -0.1) is 5.11 Å². The number of carbonyl (C=O) groups excluding carboxylic acids is 2. The third-order valence-electron chi connectivity index (χ3n) is 4.17. The highest BCUT2D eigenvalue weighted by molar-refractivity contribution is 6.12. The molecule has 3 rings (SSSR count). The molecule has 0 amide bonds. The lowest BCUT2D eigenvalue weighted by Gasteiger charge is -2.06. The van der Waals surface area contributed by atoms with Crippen molar-refractivity contribution in [2.75, 3.05) is 6.61 Å². The summed E-state index contributed by atoms with van der Waals surface area (Å²) in [5.41, 5.74) is 1.46. The minimum absolute atomic E-state index is 0.179. The number of carbonyl (C=O) groups is 2. The van der Waals surface area contributed by atoms with E-state index in [9.17, 15) is 14.7 Å². The summed E-state index contributed by atoms with van der Waals surface area (Å²) in [6, 6.07) is 23.5. The van der Waals surface area contributed by atoms with E-state index in [2.05, 4.69) is 10.2 Å². The minimum Gasteiger partial charge on any atom is -0.505 e. The number of rotatable bonds is 7. The number of azo groups is 1. The molecule has 1 N–H and O–H groups in total. The lowest BCUT2D eigenvalue weighted by Crippen LogP contribution is -2.04. The van der Waals surface area contributed by atoms with Crippen LogP contribution in [-0.4, -0.2) is 23.5 Å². The van der Waals surface area contributed by atoms with Crippen molar-refractivity contribution in [2.24, 2.45) is 10.2 Å². The number of aliphatic hydroxyl groups is 1. The molecule has 0 aromatic heterocycles. The van der Waals surface area contributed by atoms with Crippen LogP contribution in [0.2, 0.25) is 0 Å². The number of Topliss-reactive ketones (excluding diaryl/α,β-unsaturated/α-hetero) is 1. The molecule has 0 heterocycles. The van der Waals surface area contributed by atoms with Gasteiger partial charge in [-0.1, -0.05) is 60.7 Å². The van der Waals surface area contributed by atoms with Gasteiger partial charge in [-0.25, -0.2) is 4.79 Å². The van der Waals surface area contributed by atoms with Crippen molar-refractivity contribution in [1.29, 1.82) is 0 Å². The van der Waals surface area contributed by atoms with Crippen LogP contribution in [0.1, 0.15) is 33.2 Å². The van der Waals surface area contributed by atoms with Crippen molar-refractivity contribution in [3.63, 3.8) is 0 Å². The summed E-state index contributed by atoms with van der Waals surface area (Å²) in [4.78, 5) is 24.7. The second-order valence-corrected chi connectivity index (χ2v) is 6.23. The van der Waals surface area contributed by atoms with Crippen LogP contribution in [0, 0.1) is 0 Å². The number of nitrogens with zero attached hydrogens (tertiary/aromatic N) is 2. The normalized spacial score (nSPS) is 11.8. The van der Waals surface area contributed by atoms with Crippen LogP contribution in [0.5, 0.6) is 0 Å². The van der Waals surface area contributed by atoms with Crippen molar-refractivity contribution in [3.8, 4) is 0 Å². The Bertz CT molecular complexity index is 1070. The molecular formula is C24H20N2O4. The van der Waals surface area contributed by atoms with E-state index >= 15 is 0 Å². The molecule has 3 aromatic rings. The second-order valence-electron chi connectivity index (χ2n) is 6.23. The third kappa shape index (κ3) is 5.05. The summed E-state index contributed by atoms with van der Waals surface area (Å²) in [5, 5.41) is 18.8. The molecule has 0 atom stereocenters. The van der Waals surface area contributed by atoms with Crippen LogP contribution in [0.3, 0.4) is 0 Å². The smallest absolute Gasteiger partial charge is 0.338 e. The standard InChI is InChI=1S/C24H20N2O4/c1-2-30-24(29)19-13-15-20(16-14-19)25-26-21(22(27)17-9-5-3-6-10-17)23(28)18-11-7-4-8-12-18/h3-16,27H,2H2,1H3/b22-21+,26-25?. The van der Waals surface area contributed by atoms with Gasteiger partial charge in [0.25, 0.3) is 0 Å². The molecule has 0 aliphatic rings. The zero-order valence-electron chi connectivity index (χ0n) is 16.4. The van der Waals surface area contributed by atoms with E-state index in [-0.39, 0.29) is 18.1 Å². The lowest BCUT2D eigenvalue weighted by molar-refractivity contribution is 0.0526. The first kappa shape index (κ1) is 20.7. The predicted molar refractivity (Wildman–Crippen MR) is 114 cm³/mol. The summed E-state index contributed by atoms with van der Waals surface area (Å²) in [5.74, 6) is -1.15. The Morgan fingerprint density at radius 3 is 1.93 bits per heavy atom. The number of esters is 1.